The van der Waals surface area contributed by atoms with E-state index in [9.17, 15) is 4.79 Å². The van der Waals surface area contributed by atoms with Crippen molar-refractivity contribution in [3.63, 3.8) is 0 Å². The van der Waals surface area contributed by atoms with Crippen molar-refractivity contribution >= 4 is 17.2 Å². The topological polar surface area (TPSA) is 50.8 Å². The number of thiophene rings is 1. The van der Waals surface area contributed by atoms with Crippen LogP contribution < -0.4 is 5.32 Å². The fraction of sp³-hybridized carbons (Fsp3) is 0.722. The minimum atomic E-state index is -0.313. The number of nitrogens with zero attached hydrogens (tertiary/aromatic N) is 1. The first-order valence-electron chi connectivity index (χ1n) is 9.02. The maximum Gasteiger partial charge on any atom is 0.232 e. The van der Waals surface area contributed by atoms with Crippen LogP contribution >= 0.6 is 11.3 Å². The number of hydrogen-bond acceptors (Lipinski definition) is 5. The first-order chi connectivity index (χ1) is 11.7. The van der Waals surface area contributed by atoms with Crippen molar-refractivity contribution in [2.45, 2.75) is 24.9 Å². The van der Waals surface area contributed by atoms with E-state index < -0.39 is 0 Å². The Kier molecular flexibility index (Phi) is 3.53. The van der Waals surface area contributed by atoms with E-state index in [2.05, 4.69) is 21.7 Å². The predicted molar refractivity (Wildman–Crippen MR) is 91.1 cm³/mol. The molecule has 24 heavy (non-hydrogen) atoms. The van der Waals surface area contributed by atoms with Gasteiger partial charge in [-0.2, -0.15) is 0 Å². The second-order valence-corrected chi connectivity index (χ2v) is 8.58. The Bertz CT molecular complexity index is 640. The lowest BCUT2D eigenvalue weighted by Crippen LogP contribution is -2.54. The van der Waals surface area contributed by atoms with Gasteiger partial charge in [0.05, 0.1) is 25.2 Å². The summed E-state index contributed by atoms with van der Waals surface area (Å²) in [5.74, 6) is 0.641. The summed E-state index contributed by atoms with van der Waals surface area (Å²) in [5.41, 5.74) is 0.996. The highest BCUT2D eigenvalue weighted by molar-refractivity contribution is 7.10. The standard InChI is InChI=1S/C18H24N2O3S/c21-16(17-11-19-9-14(17)10-22-12-17)20-5-3-18(4-6-20)15-13(1-7-23-18)2-8-24-15/h2,8,14,19H,1,3-7,9-12H2/t14-,17-/m0/s1. The third kappa shape index (κ3) is 2.06. The zero-order chi connectivity index (χ0) is 16.2. The van der Waals surface area contributed by atoms with Gasteiger partial charge >= 0.3 is 0 Å². The van der Waals surface area contributed by atoms with Gasteiger partial charge in [0.2, 0.25) is 5.91 Å². The van der Waals surface area contributed by atoms with Gasteiger partial charge in [0.15, 0.2) is 0 Å². The van der Waals surface area contributed by atoms with Gasteiger partial charge in [0, 0.05) is 37.0 Å². The van der Waals surface area contributed by atoms with E-state index in [1.807, 2.05) is 11.3 Å². The smallest absolute Gasteiger partial charge is 0.232 e. The Hall–Kier alpha value is -0.950. The molecule has 4 aliphatic rings. The van der Waals surface area contributed by atoms with Crippen LogP contribution in [-0.4, -0.2) is 56.8 Å². The first-order valence-corrected chi connectivity index (χ1v) is 9.90. The van der Waals surface area contributed by atoms with Crippen LogP contribution in [0.15, 0.2) is 11.4 Å². The van der Waals surface area contributed by atoms with Gasteiger partial charge in [-0.15, -0.1) is 11.3 Å². The molecule has 130 valence electrons. The van der Waals surface area contributed by atoms with Crippen molar-refractivity contribution < 1.29 is 14.3 Å². The van der Waals surface area contributed by atoms with E-state index in [1.54, 1.807) is 0 Å². The Labute approximate surface area is 146 Å². The molecule has 1 amide bonds. The molecule has 0 unspecified atom stereocenters. The number of carbonyl (C=O) groups excluding carboxylic acids is 1. The molecule has 3 saturated heterocycles. The summed E-state index contributed by atoms with van der Waals surface area (Å²) in [6.07, 6.45) is 2.86. The van der Waals surface area contributed by atoms with Crippen LogP contribution in [0.1, 0.15) is 23.3 Å². The third-order valence-corrected chi connectivity index (χ3v) is 7.63. The number of ether oxygens (including phenoxy) is 2. The largest absolute Gasteiger partial charge is 0.380 e. The van der Waals surface area contributed by atoms with E-state index in [1.165, 1.54) is 10.4 Å². The van der Waals surface area contributed by atoms with Gasteiger partial charge in [-0.05, 0) is 36.3 Å². The zero-order valence-electron chi connectivity index (χ0n) is 13.9. The minimum Gasteiger partial charge on any atom is -0.380 e. The summed E-state index contributed by atoms with van der Waals surface area (Å²) in [5, 5.41) is 5.58. The fourth-order valence-corrected chi connectivity index (χ4v) is 6.17. The molecule has 0 aliphatic carbocycles. The molecule has 0 aromatic carbocycles. The van der Waals surface area contributed by atoms with Crippen LogP contribution in [0.5, 0.6) is 0 Å². The SMILES string of the molecule is O=C(N1CCC2(CC1)OCCc1ccsc12)[C@]12CNC[C@H]1COC2. The van der Waals surface area contributed by atoms with Gasteiger partial charge in [-0.3, -0.25) is 4.79 Å². The van der Waals surface area contributed by atoms with E-state index in [0.717, 1.165) is 58.7 Å². The Balaban J connectivity index is 1.34. The molecule has 6 heteroatoms. The normalized spacial score (nSPS) is 34.3. The van der Waals surface area contributed by atoms with Crippen LogP contribution in [0.2, 0.25) is 0 Å². The molecule has 1 aromatic rings. The summed E-state index contributed by atoms with van der Waals surface area (Å²) in [6.45, 7) is 5.38. The summed E-state index contributed by atoms with van der Waals surface area (Å²) in [6, 6.07) is 2.24. The molecule has 1 spiro atoms. The number of carbonyl (C=O) groups is 1. The van der Waals surface area contributed by atoms with Crippen LogP contribution in [0.25, 0.3) is 0 Å². The molecule has 3 fully saturated rings. The Morgan fingerprint density at radius 1 is 1.38 bits per heavy atom. The monoisotopic (exact) mass is 348 g/mol. The second-order valence-electron chi connectivity index (χ2n) is 7.66. The van der Waals surface area contributed by atoms with Crippen molar-refractivity contribution in [1.29, 1.82) is 0 Å². The highest BCUT2D eigenvalue weighted by Gasteiger charge is 2.55. The van der Waals surface area contributed by atoms with Crippen LogP contribution in [-0.2, 0) is 26.3 Å². The van der Waals surface area contributed by atoms with E-state index >= 15 is 0 Å². The fourth-order valence-electron chi connectivity index (χ4n) is 5.00. The lowest BCUT2D eigenvalue weighted by Gasteiger charge is -2.45. The molecular weight excluding hydrogens is 324 g/mol. The van der Waals surface area contributed by atoms with Crippen LogP contribution in [0, 0.1) is 11.3 Å². The van der Waals surface area contributed by atoms with Crippen molar-refractivity contribution in [2.24, 2.45) is 11.3 Å². The average Bonchev–Trinajstić information content (AvgIpc) is 3.30. The number of likely N-dealkylation sites (tertiary alicyclic amines) is 1. The summed E-state index contributed by atoms with van der Waals surface area (Å²) >= 11 is 1.82. The van der Waals surface area contributed by atoms with Gasteiger partial charge in [-0.25, -0.2) is 0 Å². The van der Waals surface area contributed by atoms with Crippen molar-refractivity contribution in [1.82, 2.24) is 10.2 Å². The molecule has 5 heterocycles. The van der Waals surface area contributed by atoms with E-state index in [4.69, 9.17) is 9.47 Å². The van der Waals surface area contributed by atoms with Crippen LogP contribution in [0.3, 0.4) is 0 Å². The molecule has 1 aromatic heterocycles. The second kappa shape index (κ2) is 5.53. The third-order valence-electron chi connectivity index (χ3n) is 6.49. The van der Waals surface area contributed by atoms with Crippen molar-refractivity contribution in [3.05, 3.63) is 21.9 Å². The number of amides is 1. The van der Waals surface area contributed by atoms with Crippen molar-refractivity contribution in [3.8, 4) is 0 Å². The van der Waals surface area contributed by atoms with Gasteiger partial charge < -0.3 is 19.7 Å². The molecule has 0 saturated carbocycles. The number of piperidine rings is 1. The molecule has 2 atom stereocenters. The van der Waals surface area contributed by atoms with Gasteiger partial charge in [0.25, 0.3) is 0 Å². The number of fused-ring (bicyclic) bond motifs is 3. The quantitative estimate of drug-likeness (QED) is 0.833. The molecule has 4 aliphatic heterocycles. The molecule has 5 rings (SSSR count). The Morgan fingerprint density at radius 3 is 3.12 bits per heavy atom. The van der Waals surface area contributed by atoms with Crippen molar-refractivity contribution in [2.75, 3.05) is 46.0 Å². The number of nitrogens with one attached hydrogen (secondary N) is 1. The summed E-state index contributed by atoms with van der Waals surface area (Å²) in [7, 11) is 0. The van der Waals surface area contributed by atoms with E-state index in [0.29, 0.717) is 18.4 Å². The number of hydrogen-bond donors (Lipinski definition) is 1. The molecule has 5 nitrogen and oxygen atoms in total. The maximum atomic E-state index is 13.2. The average molecular weight is 348 g/mol. The zero-order valence-corrected chi connectivity index (χ0v) is 14.7. The molecule has 0 bridgehead atoms. The van der Waals surface area contributed by atoms with Gasteiger partial charge in [-0.1, -0.05) is 0 Å². The molecule has 0 radical (unpaired) electrons. The number of rotatable bonds is 1. The lowest BCUT2D eigenvalue weighted by molar-refractivity contribution is -0.150. The maximum absolute atomic E-state index is 13.2. The predicted octanol–water partition coefficient (Wildman–Crippen LogP) is 1.37. The highest BCUT2D eigenvalue weighted by atomic mass is 32.1. The summed E-state index contributed by atoms with van der Waals surface area (Å²) in [4.78, 5) is 16.7. The molecular formula is C18H24N2O3S. The minimum absolute atomic E-state index is 0.143. The van der Waals surface area contributed by atoms with Gasteiger partial charge in [0.1, 0.15) is 5.60 Å². The first kappa shape index (κ1) is 15.3. The summed E-state index contributed by atoms with van der Waals surface area (Å²) < 4.78 is 11.9. The molecule has 1 N–H and O–H groups in total. The Morgan fingerprint density at radius 2 is 2.25 bits per heavy atom. The van der Waals surface area contributed by atoms with Crippen LogP contribution in [0.4, 0.5) is 0 Å². The van der Waals surface area contributed by atoms with E-state index in [-0.39, 0.29) is 11.0 Å². The lowest BCUT2D eigenvalue weighted by atomic mass is 9.78. The highest BCUT2D eigenvalue weighted by Crippen LogP contribution is 2.46.